The largest absolute Gasteiger partial charge is 0.483 e. The van der Waals surface area contributed by atoms with Crippen molar-refractivity contribution in [3.8, 4) is 5.75 Å². The number of benzene rings is 3. The second kappa shape index (κ2) is 10.6. The number of carbonyl (C=O) groups is 2. The first-order chi connectivity index (χ1) is 15.5. The van der Waals surface area contributed by atoms with E-state index in [1.54, 1.807) is 19.1 Å². The molecule has 33 heavy (non-hydrogen) atoms. The predicted molar refractivity (Wildman–Crippen MR) is 137 cm³/mol. The highest BCUT2D eigenvalue weighted by atomic mass is 79.9. The van der Waals surface area contributed by atoms with Gasteiger partial charge < -0.3 is 15.0 Å². The van der Waals surface area contributed by atoms with Crippen molar-refractivity contribution < 1.29 is 14.3 Å². The molecule has 0 saturated heterocycles. The molecular weight excluding hydrogens is 504 g/mol. The van der Waals surface area contributed by atoms with Crippen LogP contribution in [0.4, 0.5) is 0 Å². The lowest BCUT2D eigenvalue weighted by Gasteiger charge is -2.31. The van der Waals surface area contributed by atoms with Crippen molar-refractivity contribution in [3.63, 3.8) is 0 Å². The molecule has 3 rings (SSSR count). The minimum Gasteiger partial charge on any atom is -0.483 e. The molecule has 2 amide bonds. The number of ether oxygens (including phenoxy) is 1. The third kappa shape index (κ3) is 6.71. The van der Waals surface area contributed by atoms with Crippen LogP contribution < -0.4 is 10.1 Å². The van der Waals surface area contributed by atoms with Gasteiger partial charge in [0, 0.05) is 17.1 Å². The second-order valence-electron chi connectivity index (χ2n) is 8.95. The average molecular weight is 532 g/mol. The monoisotopic (exact) mass is 530 g/mol. The van der Waals surface area contributed by atoms with E-state index < -0.39 is 11.6 Å². The molecule has 0 bridgehead atoms. The van der Waals surface area contributed by atoms with E-state index in [1.165, 1.54) is 4.90 Å². The van der Waals surface area contributed by atoms with E-state index in [9.17, 15) is 9.59 Å². The molecule has 0 aliphatic heterocycles. The Bertz CT molecular complexity index is 1140. The van der Waals surface area contributed by atoms with Gasteiger partial charge in [-0.2, -0.15) is 0 Å². The van der Waals surface area contributed by atoms with Crippen molar-refractivity contribution in [1.82, 2.24) is 10.2 Å². The standard InChI is InChI=1S/C26H28BrClN2O3/c1-17(25(32)29-26(2,3)4)30(15-18-9-12-20(28)13-10-18)23(31)16-33-22-14-11-19-7-5-6-8-21(19)24(22)27/h5-14,17H,15-16H2,1-4H3,(H,29,32)/t17-/m1/s1. The van der Waals surface area contributed by atoms with Crippen LogP contribution in [0.25, 0.3) is 10.8 Å². The van der Waals surface area contributed by atoms with E-state index in [2.05, 4.69) is 21.2 Å². The smallest absolute Gasteiger partial charge is 0.261 e. The summed E-state index contributed by atoms with van der Waals surface area (Å²) in [7, 11) is 0. The van der Waals surface area contributed by atoms with Gasteiger partial charge in [0.25, 0.3) is 5.91 Å². The summed E-state index contributed by atoms with van der Waals surface area (Å²) >= 11 is 9.59. The van der Waals surface area contributed by atoms with Gasteiger partial charge in [-0.1, -0.05) is 54.1 Å². The highest BCUT2D eigenvalue weighted by Crippen LogP contribution is 2.33. The Kier molecular flexibility index (Phi) is 8.03. The maximum atomic E-state index is 13.3. The van der Waals surface area contributed by atoms with Crippen LogP contribution in [0.1, 0.15) is 33.3 Å². The van der Waals surface area contributed by atoms with E-state index in [0.717, 1.165) is 20.8 Å². The summed E-state index contributed by atoms with van der Waals surface area (Å²) in [6.45, 7) is 7.51. The first-order valence-electron chi connectivity index (χ1n) is 10.7. The molecule has 0 unspecified atom stereocenters. The zero-order valence-electron chi connectivity index (χ0n) is 19.2. The third-order valence-electron chi connectivity index (χ3n) is 5.11. The Labute approximate surface area is 208 Å². The Morgan fingerprint density at radius 1 is 1.06 bits per heavy atom. The number of hydrogen-bond donors (Lipinski definition) is 1. The van der Waals surface area contributed by atoms with Crippen LogP contribution in [-0.2, 0) is 16.1 Å². The summed E-state index contributed by atoms with van der Waals surface area (Å²) in [5, 5.41) is 5.63. The molecule has 0 aliphatic rings. The number of fused-ring (bicyclic) bond motifs is 1. The first-order valence-corrected chi connectivity index (χ1v) is 11.9. The number of carbonyl (C=O) groups excluding carboxylic acids is 2. The maximum absolute atomic E-state index is 13.3. The van der Waals surface area contributed by atoms with Crippen molar-refractivity contribution in [1.29, 1.82) is 0 Å². The van der Waals surface area contributed by atoms with Gasteiger partial charge in [0.2, 0.25) is 5.91 Å². The van der Waals surface area contributed by atoms with Gasteiger partial charge in [-0.25, -0.2) is 0 Å². The zero-order valence-corrected chi connectivity index (χ0v) is 21.5. The Morgan fingerprint density at radius 2 is 1.73 bits per heavy atom. The van der Waals surface area contributed by atoms with Crippen molar-refractivity contribution in [2.24, 2.45) is 0 Å². The fourth-order valence-electron chi connectivity index (χ4n) is 3.39. The third-order valence-corrected chi connectivity index (χ3v) is 6.18. The molecule has 1 N–H and O–H groups in total. The van der Waals surface area contributed by atoms with Crippen LogP contribution in [0.2, 0.25) is 5.02 Å². The fourth-order valence-corrected chi connectivity index (χ4v) is 4.12. The van der Waals surface area contributed by atoms with Gasteiger partial charge in [-0.05, 0) is 78.2 Å². The molecule has 174 valence electrons. The Morgan fingerprint density at radius 3 is 2.39 bits per heavy atom. The van der Waals surface area contributed by atoms with Gasteiger partial charge in [-0.15, -0.1) is 0 Å². The van der Waals surface area contributed by atoms with Gasteiger partial charge in [0.1, 0.15) is 11.8 Å². The van der Waals surface area contributed by atoms with E-state index in [4.69, 9.17) is 16.3 Å². The number of rotatable bonds is 7. The summed E-state index contributed by atoms with van der Waals surface area (Å²) in [6, 6.07) is 18.2. The van der Waals surface area contributed by atoms with Crippen LogP contribution in [0.5, 0.6) is 5.75 Å². The molecule has 0 spiro atoms. The normalized spacial score (nSPS) is 12.3. The fraction of sp³-hybridized carbons (Fsp3) is 0.308. The number of halogens is 2. The van der Waals surface area contributed by atoms with Crippen molar-refractivity contribution in [3.05, 3.63) is 75.7 Å². The van der Waals surface area contributed by atoms with Crippen LogP contribution in [0.15, 0.2) is 65.1 Å². The second-order valence-corrected chi connectivity index (χ2v) is 10.2. The summed E-state index contributed by atoms with van der Waals surface area (Å²) in [6.07, 6.45) is 0. The van der Waals surface area contributed by atoms with Crippen molar-refractivity contribution in [2.45, 2.75) is 45.8 Å². The van der Waals surface area contributed by atoms with Gasteiger partial charge in [0.15, 0.2) is 6.61 Å². The maximum Gasteiger partial charge on any atom is 0.261 e. The lowest BCUT2D eigenvalue weighted by Crippen LogP contribution is -2.53. The van der Waals surface area contributed by atoms with Crippen molar-refractivity contribution >= 4 is 50.1 Å². The van der Waals surface area contributed by atoms with E-state index in [1.807, 2.05) is 69.3 Å². The van der Waals surface area contributed by atoms with Gasteiger partial charge >= 0.3 is 0 Å². The van der Waals surface area contributed by atoms with E-state index in [0.29, 0.717) is 10.8 Å². The minimum absolute atomic E-state index is 0.197. The van der Waals surface area contributed by atoms with Crippen LogP contribution in [0.3, 0.4) is 0 Å². The predicted octanol–water partition coefficient (Wildman–Crippen LogP) is 5.97. The SMILES string of the molecule is C[C@H](C(=O)NC(C)(C)C)N(Cc1ccc(Cl)cc1)C(=O)COc1ccc2ccccc2c1Br. The highest BCUT2D eigenvalue weighted by molar-refractivity contribution is 9.10. The molecule has 0 heterocycles. The molecule has 0 fully saturated rings. The molecule has 0 aromatic heterocycles. The number of nitrogens with zero attached hydrogens (tertiary/aromatic N) is 1. The summed E-state index contributed by atoms with van der Waals surface area (Å²) in [4.78, 5) is 27.6. The van der Waals surface area contributed by atoms with Crippen LogP contribution in [-0.4, -0.2) is 34.9 Å². The Balaban J connectivity index is 1.80. The topological polar surface area (TPSA) is 58.6 Å². The summed E-state index contributed by atoms with van der Waals surface area (Å²) in [5.41, 5.74) is 0.460. The summed E-state index contributed by atoms with van der Waals surface area (Å²) < 4.78 is 6.67. The van der Waals surface area contributed by atoms with Crippen LogP contribution >= 0.6 is 27.5 Å². The molecular formula is C26H28BrClN2O3. The minimum atomic E-state index is -0.684. The summed E-state index contributed by atoms with van der Waals surface area (Å²) in [5.74, 6) is 0.0542. The lowest BCUT2D eigenvalue weighted by molar-refractivity contribution is -0.142. The molecule has 7 heteroatoms. The van der Waals surface area contributed by atoms with E-state index in [-0.39, 0.29) is 25.0 Å². The molecule has 0 saturated carbocycles. The lowest BCUT2D eigenvalue weighted by atomic mass is 10.1. The quantitative estimate of drug-likeness (QED) is 0.409. The van der Waals surface area contributed by atoms with Crippen LogP contribution in [0, 0.1) is 0 Å². The zero-order chi connectivity index (χ0) is 24.2. The average Bonchev–Trinajstić information content (AvgIpc) is 2.76. The molecule has 0 radical (unpaired) electrons. The van der Waals surface area contributed by atoms with Crippen molar-refractivity contribution in [2.75, 3.05) is 6.61 Å². The van der Waals surface area contributed by atoms with Gasteiger partial charge in [0.05, 0.1) is 4.47 Å². The highest BCUT2D eigenvalue weighted by Gasteiger charge is 2.28. The van der Waals surface area contributed by atoms with E-state index >= 15 is 0 Å². The van der Waals surface area contributed by atoms with Gasteiger partial charge in [-0.3, -0.25) is 9.59 Å². The first kappa shape index (κ1) is 25.1. The number of nitrogens with one attached hydrogen (secondary N) is 1. The Hall–Kier alpha value is -2.57. The number of hydrogen-bond acceptors (Lipinski definition) is 3. The molecule has 3 aromatic carbocycles. The molecule has 0 aliphatic carbocycles. The number of amides is 2. The molecule has 3 aromatic rings. The molecule has 5 nitrogen and oxygen atoms in total. The molecule has 1 atom stereocenters.